The van der Waals surface area contributed by atoms with E-state index in [1.165, 1.54) is 16.7 Å². The number of hydrogen-bond donors (Lipinski definition) is 1. The van der Waals surface area contributed by atoms with Gasteiger partial charge in [-0.2, -0.15) is 0 Å². The summed E-state index contributed by atoms with van der Waals surface area (Å²) in [6, 6.07) is 0.329. The van der Waals surface area contributed by atoms with Crippen molar-refractivity contribution in [3.63, 3.8) is 0 Å². The van der Waals surface area contributed by atoms with Crippen molar-refractivity contribution in [1.82, 2.24) is 5.32 Å². The molecule has 1 aliphatic rings. The van der Waals surface area contributed by atoms with E-state index in [1.807, 2.05) is 7.05 Å². The van der Waals surface area contributed by atoms with Gasteiger partial charge in [0.25, 0.3) is 0 Å². The molecule has 1 N–H and O–H groups in total. The summed E-state index contributed by atoms with van der Waals surface area (Å²) in [6.45, 7) is 0.567. The minimum absolute atomic E-state index is 0. The van der Waals surface area contributed by atoms with E-state index in [9.17, 15) is 4.39 Å². The number of likely N-dealkylation sites (N-methyl/N-ethyl adjacent to an activating group) is 1. The molecule has 0 saturated carbocycles. The average molecular weight is 224 g/mol. The van der Waals surface area contributed by atoms with Gasteiger partial charge >= 0.3 is 0 Å². The monoisotopic (exact) mass is 223 g/mol. The van der Waals surface area contributed by atoms with Crippen molar-refractivity contribution < 1.29 is 9.13 Å². The lowest BCUT2D eigenvalue weighted by atomic mass is 10.1. The van der Waals surface area contributed by atoms with Crippen LogP contribution >= 0.6 is 23.7 Å². The molecule has 0 radical (unpaired) electrons. The number of rotatable bonds is 1. The van der Waals surface area contributed by atoms with Crippen LogP contribution in [0.5, 0.6) is 5.75 Å². The van der Waals surface area contributed by atoms with E-state index in [0.29, 0.717) is 18.4 Å². The summed E-state index contributed by atoms with van der Waals surface area (Å²) in [6.07, 6.45) is 0.875. The molecule has 0 aromatic carbocycles. The van der Waals surface area contributed by atoms with E-state index in [2.05, 4.69) is 5.32 Å². The van der Waals surface area contributed by atoms with Gasteiger partial charge < -0.3 is 10.1 Å². The molecular weight excluding hydrogens is 213 g/mol. The van der Waals surface area contributed by atoms with Crippen LogP contribution in [0.2, 0.25) is 0 Å². The fraction of sp³-hybridized carbons (Fsp3) is 0.500. The maximum Gasteiger partial charge on any atom is 0.176 e. The average Bonchev–Trinajstić information content (AvgIpc) is 2.47. The minimum atomic E-state index is -0.218. The van der Waals surface area contributed by atoms with Gasteiger partial charge in [0.2, 0.25) is 0 Å². The van der Waals surface area contributed by atoms with E-state index in [4.69, 9.17) is 4.74 Å². The first kappa shape index (κ1) is 10.8. The highest BCUT2D eigenvalue weighted by molar-refractivity contribution is 7.10. The fourth-order valence-corrected chi connectivity index (χ4v) is 2.22. The third-order valence-corrected chi connectivity index (χ3v) is 3.01. The molecule has 0 saturated heterocycles. The molecule has 13 heavy (non-hydrogen) atoms. The summed E-state index contributed by atoms with van der Waals surface area (Å²) in [4.78, 5) is 1.01. The second-order valence-electron chi connectivity index (χ2n) is 2.84. The van der Waals surface area contributed by atoms with Gasteiger partial charge in [0.15, 0.2) is 11.6 Å². The van der Waals surface area contributed by atoms with Crippen molar-refractivity contribution in [2.75, 3.05) is 13.7 Å². The molecule has 1 atom stereocenters. The Hall–Kier alpha value is -0.320. The van der Waals surface area contributed by atoms with Crippen molar-refractivity contribution in [2.45, 2.75) is 12.5 Å². The van der Waals surface area contributed by atoms with E-state index in [0.717, 1.165) is 11.3 Å². The molecule has 1 aromatic heterocycles. The zero-order valence-electron chi connectivity index (χ0n) is 7.17. The van der Waals surface area contributed by atoms with Crippen LogP contribution in [0.25, 0.3) is 0 Å². The zero-order valence-corrected chi connectivity index (χ0v) is 8.80. The van der Waals surface area contributed by atoms with Crippen molar-refractivity contribution in [2.24, 2.45) is 0 Å². The third-order valence-electron chi connectivity index (χ3n) is 2.04. The van der Waals surface area contributed by atoms with Gasteiger partial charge in [-0.15, -0.1) is 23.7 Å². The second kappa shape index (κ2) is 4.26. The fourth-order valence-electron chi connectivity index (χ4n) is 1.31. The smallest absolute Gasteiger partial charge is 0.176 e. The van der Waals surface area contributed by atoms with E-state index >= 15 is 0 Å². The Morgan fingerprint density at radius 1 is 1.69 bits per heavy atom. The van der Waals surface area contributed by atoms with Crippen molar-refractivity contribution >= 4 is 23.7 Å². The van der Waals surface area contributed by atoms with Crippen LogP contribution in [-0.4, -0.2) is 19.7 Å². The van der Waals surface area contributed by atoms with Crippen LogP contribution in [0.4, 0.5) is 4.39 Å². The number of halogens is 2. The van der Waals surface area contributed by atoms with Crippen molar-refractivity contribution in [3.05, 3.63) is 16.1 Å². The lowest BCUT2D eigenvalue weighted by Crippen LogP contribution is -2.36. The van der Waals surface area contributed by atoms with Gasteiger partial charge in [0.05, 0.1) is 4.88 Å². The molecule has 2 rings (SSSR count). The zero-order chi connectivity index (χ0) is 8.55. The molecule has 5 heteroatoms. The lowest BCUT2D eigenvalue weighted by molar-refractivity contribution is 0.238. The van der Waals surface area contributed by atoms with Crippen molar-refractivity contribution in [3.8, 4) is 5.75 Å². The molecule has 2 nitrogen and oxygen atoms in total. The van der Waals surface area contributed by atoms with Gasteiger partial charge in [-0.25, -0.2) is 4.39 Å². The predicted molar refractivity (Wildman–Crippen MR) is 53.6 cm³/mol. The number of fused-ring (bicyclic) bond motifs is 1. The molecular formula is C8H11ClFNOS. The normalized spacial score (nSPS) is 20.0. The molecule has 0 aliphatic carbocycles. The van der Waals surface area contributed by atoms with Crippen molar-refractivity contribution in [1.29, 1.82) is 0 Å². The highest BCUT2D eigenvalue weighted by Crippen LogP contribution is 2.33. The van der Waals surface area contributed by atoms with Gasteiger partial charge in [0.1, 0.15) is 6.61 Å². The molecule has 74 valence electrons. The van der Waals surface area contributed by atoms with Crippen LogP contribution in [0.15, 0.2) is 5.38 Å². The molecule has 0 amide bonds. The molecule has 1 aromatic rings. The van der Waals surface area contributed by atoms with Crippen LogP contribution in [-0.2, 0) is 6.42 Å². The summed E-state index contributed by atoms with van der Waals surface area (Å²) in [5, 5.41) is 4.62. The molecule has 2 heterocycles. The van der Waals surface area contributed by atoms with Crippen LogP contribution < -0.4 is 10.1 Å². The van der Waals surface area contributed by atoms with Gasteiger partial charge in [-0.1, -0.05) is 0 Å². The summed E-state index contributed by atoms with van der Waals surface area (Å²) in [7, 11) is 1.89. The summed E-state index contributed by atoms with van der Waals surface area (Å²) < 4.78 is 18.2. The Kier molecular flexibility index (Phi) is 3.53. The lowest BCUT2D eigenvalue weighted by Gasteiger charge is -2.21. The standard InChI is InChI=1S/C8H10FNOS.ClH/c1-10-5-2-7-8(11-3-5)6(9)4-12-7;/h4-5,10H,2-3H2,1H3;1H. The first-order chi connectivity index (χ1) is 5.81. The van der Waals surface area contributed by atoms with Gasteiger partial charge in [-0.05, 0) is 7.05 Å². The maximum atomic E-state index is 12.9. The maximum absolute atomic E-state index is 12.9. The van der Waals surface area contributed by atoms with Crippen LogP contribution in [0.3, 0.4) is 0 Å². The number of hydrogen-bond acceptors (Lipinski definition) is 3. The Morgan fingerprint density at radius 2 is 2.46 bits per heavy atom. The highest BCUT2D eigenvalue weighted by atomic mass is 35.5. The Morgan fingerprint density at radius 3 is 3.15 bits per heavy atom. The molecule has 1 aliphatic heterocycles. The first-order valence-corrected chi connectivity index (χ1v) is 4.75. The Labute approximate surface area is 86.5 Å². The molecule has 0 bridgehead atoms. The summed E-state index contributed by atoms with van der Waals surface area (Å²) in [5.41, 5.74) is 0. The quantitative estimate of drug-likeness (QED) is 0.785. The number of thiophene rings is 1. The topological polar surface area (TPSA) is 21.3 Å². The number of ether oxygens (including phenoxy) is 1. The Balaban J connectivity index is 0.000000845. The second-order valence-corrected chi connectivity index (χ2v) is 3.80. The van der Waals surface area contributed by atoms with E-state index in [-0.39, 0.29) is 18.2 Å². The summed E-state index contributed by atoms with van der Waals surface area (Å²) >= 11 is 1.43. The number of nitrogens with one attached hydrogen (secondary N) is 1. The van der Waals surface area contributed by atoms with Crippen LogP contribution in [0, 0.1) is 5.82 Å². The summed E-state index contributed by atoms with van der Waals surface area (Å²) in [5.74, 6) is 0.246. The first-order valence-electron chi connectivity index (χ1n) is 3.87. The minimum Gasteiger partial charge on any atom is -0.488 e. The largest absolute Gasteiger partial charge is 0.488 e. The Bertz CT molecular complexity index is 292. The van der Waals surface area contributed by atoms with E-state index < -0.39 is 0 Å². The third kappa shape index (κ3) is 1.95. The highest BCUT2D eigenvalue weighted by Gasteiger charge is 2.22. The van der Waals surface area contributed by atoms with E-state index in [1.54, 1.807) is 0 Å². The molecule has 1 unspecified atom stereocenters. The van der Waals surface area contributed by atoms with Crippen LogP contribution in [0.1, 0.15) is 4.88 Å². The SMILES string of the molecule is CNC1COc2c(F)csc2C1.Cl. The van der Waals surface area contributed by atoms with Gasteiger partial charge in [-0.3, -0.25) is 0 Å². The van der Waals surface area contributed by atoms with Gasteiger partial charge in [0, 0.05) is 17.8 Å². The molecule has 0 fully saturated rings. The molecule has 0 spiro atoms. The predicted octanol–water partition coefficient (Wildman–Crippen LogP) is 1.83.